The first kappa shape index (κ1) is 8.28. The molecule has 11 heavy (non-hydrogen) atoms. The van der Waals surface area contributed by atoms with Gasteiger partial charge >= 0.3 is 0 Å². The summed E-state index contributed by atoms with van der Waals surface area (Å²) < 4.78 is 35.4. The largest absolute Gasteiger partial charge is 0.275 e. The second-order valence-corrected chi connectivity index (χ2v) is 2.56. The van der Waals surface area contributed by atoms with Crippen molar-refractivity contribution in [2.24, 2.45) is 0 Å². The van der Waals surface area contributed by atoms with Crippen LogP contribution in [-0.4, -0.2) is 0 Å². The Morgan fingerprint density at radius 2 is 1.82 bits per heavy atom. The molecule has 0 radical (unpaired) electrons. The first-order valence-electron chi connectivity index (χ1n) is 2.97. The fraction of sp³-hybridized carbons (Fsp3) is 0.143. The van der Waals surface area contributed by atoms with E-state index < -0.39 is 11.6 Å². The van der Waals surface area contributed by atoms with Crippen LogP contribution in [0.5, 0.6) is 0 Å². The second-order valence-electron chi connectivity index (χ2n) is 1.99. The lowest BCUT2D eigenvalue weighted by Crippen LogP contribution is -1.90. The van der Waals surface area contributed by atoms with Crippen molar-refractivity contribution in [2.45, 2.75) is 6.16 Å². The van der Waals surface area contributed by atoms with Crippen LogP contribution in [-0.2, 0) is 10.7 Å². The van der Waals surface area contributed by atoms with Gasteiger partial charge in [0.25, 0.3) is 0 Å². The van der Waals surface area contributed by atoms with Crippen molar-refractivity contribution in [1.82, 2.24) is 0 Å². The molecular formula is C7H5F2OP. The minimum absolute atomic E-state index is 0.113. The summed E-state index contributed by atoms with van der Waals surface area (Å²) in [7, 11) is -0.274. The first-order valence-corrected chi connectivity index (χ1v) is 3.97. The minimum Gasteiger partial charge on any atom is -0.275 e. The summed E-state index contributed by atoms with van der Waals surface area (Å²) in [6, 6.07) is 3.56. The highest BCUT2D eigenvalue weighted by Gasteiger charge is 2.06. The van der Waals surface area contributed by atoms with Gasteiger partial charge in [0.1, 0.15) is 11.6 Å². The third-order valence-corrected chi connectivity index (χ3v) is 1.73. The average molecular weight is 174 g/mol. The van der Waals surface area contributed by atoms with Gasteiger partial charge in [-0.15, -0.1) is 0 Å². The predicted molar refractivity (Wildman–Crippen MR) is 37.7 cm³/mol. The summed E-state index contributed by atoms with van der Waals surface area (Å²) in [5.41, 5.74) is -0.121. The molecule has 1 aromatic carbocycles. The fourth-order valence-electron chi connectivity index (χ4n) is 0.748. The summed E-state index contributed by atoms with van der Waals surface area (Å²) in [4.78, 5) is 0. The first-order chi connectivity index (χ1) is 5.25. The van der Waals surface area contributed by atoms with Gasteiger partial charge in [-0.1, -0.05) is 6.07 Å². The van der Waals surface area contributed by atoms with Gasteiger partial charge in [-0.2, -0.15) is 0 Å². The maximum atomic E-state index is 12.7. The van der Waals surface area contributed by atoms with Gasteiger partial charge in [0.15, 0.2) is 8.46 Å². The van der Waals surface area contributed by atoms with Crippen molar-refractivity contribution in [1.29, 1.82) is 0 Å². The van der Waals surface area contributed by atoms with E-state index in [1.807, 2.05) is 0 Å². The molecule has 0 saturated heterocycles. The number of hydrogen-bond acceptors (Lipinski definition) is 1. The molecule has 0 fully saturated rings. The topological polar surface area (TPSA) is 17.1 Å². The molecule has 1 rings (SSSR count). The van der Waals surface area contributed by atoms with Gasteiger partial charge in [-0.3, -0.25) is 4.57 Å². The molecule has 0 spiro atoms. The molecule has 1 nitrogen and oxygen atoms in total. The molecule has 0 aliphatic rings. The van der Waals surface area contributed by atoms with Crippen LogP contribution in [0.3, 0.4) is 0 Å². The van der Waals surface area contributed by atoms with Crippen LogP contribution in [0, 0.1) is 11.6 Å². The van der Waals surface area contributed by atoms with Gasteiger partial charge in [0.05, 0.1) is 6.16 Å². The Kier molecular flexibility index (Phi) is 2.66. The van der Waals surface area contributed by atoms with E-state index >= 15 is 0 Å². The van der Waals surface area contributed by atoms with Crippen molar-refractivity contribution in [3.05, 3.63) is 35.4 Å². The van der Waals surface area contributed by atoms with Crippen LogP contribution >= 0.6 is 8.46 Å². The monoisotopic (exact) mass is 174 g/mol. The van der Waals surface area contributed by atoms with Crippen LogP contribution < -0.4 is 0 Å². The lowest BCUT2D eigenvalue weighted by atomic mass is 10.2. The summed E-state index contributed by atoms with van der Waals surface area (Å²) in [5, 5.41) is 0. The third-order valence-electron chi connectivity index (χ3n) is 1.28. The zero-order valence-electron chi connectivity index (χ0n) is 5.55. The highest BCUT2D eigenvalue weighted by molar-refractivity contribution is 7.22. The molecule has 0 atom stereocenters. The molecule has 0 saturated carbocycles. The Hall–Kier alpha value is -0.820. The average Bonchev–Trinajstić information content (AvgIpc) is 1.97. The van der Waals surface area contributed by atoms with Crippen molar-refractivity contribution in [3.63, 3.8) is 0 Å². The Morgan fingerprint density at radius 1 is 1.27 bits per heavy atom. The van der Waals surface area contributed by atoms with Crippen LogP contribution in [0.15, 0.2) is 18.2 Å². The number of rotatable bonds is 2. The van der Waals surface area contributed by atoms with Crippen molar-refractivity contribution in [2.75, 3.05) is 0 Å². The molecule has 0 aromatic heterocycles. The van der Waals surface area contributed by atoms with E-state index in [4.69, 9.17) is 0 Å². The van der Waals surface area contributed by atoms with Crippen LogP contribution in [0.4, 0.5) is 8.78 Å². The lowest BCUT2D eigenvalue weighted by molar-refractivity contribution is 0.561. The summed E-state index contributed by atoms with van der Waals surface area (Å²) >= 11 is 0. The highest BCUT2D eigenvalue weighted by atomic mass is 31.1. The Balaban J connectivity index is 3.09. The SMILES string of the molecule is O=PCc1c(F)cccc1F. The Morgan fingerprint density at radius 3 is 2.27 bits per heavy atom. The fourth-order valence-corrected chi connectivity index (χ4v) is 1.18. The normalized spacial score (nSPS) is 10.4. The van der Waals surface area contributed by atoms with Crippen molar-refractivity contribution >= 4 is 8.46 Å². The molecule has 0 unspecified atom stereocenters. The maximum Gasteiger partial charge on any atom is 0.160 e. The van der Waals surface area contributed by atoms with Crippen molar-refractivity contribution < 1.29 is 13.3 Å². The van der Waals surface area contributed by atoms with Gasteiger partial charge in [0, 0.05) is 5.56 Å². The van der Waals surface area contributed by atoms with Gasteiger partial charge in [-0.25, -0.2) is 8.78 Å². The molecule has 1 aromatic rings. The minimum atomic E-state index is -0.645. The molecule has 0 amide bonds. The maximum absolute atomic E-state index is 12.7. The van der Waals surface area contributed by atoms with Crippen molar-refractivity contribution in [3.8, 4) is 0 Å². The molecule has 0 aliphatic heterocycles. The van der Waals surface area contributed by atoms with Gasteiger partial charge in [0.2, 0.25) is 0 Å². The summed E-state index contributed by atoms with van der Waals surface area (Å²) in [5.74, 6) is -1.29. The number of benzene rings is 1. The van der Waals surface area contributed by atoms with E-state index in [-0.39, 0.29) is 20.2 Å². The molecule has 4 heteroatoms. The Labute approximate surface area is 64.2 Å². The van der Waals surface area contributed by atoms with E-state index in [0.717, 1.165) is 12.1 Å². The molecule has 0 aliphatic carbocycles. The second kappa shape index (κ2) is 3.54. The van der Waals surface area contributed by atoms with E-state index in [2.05, 4.69) is 0 Å². The quantitative estimate of drug-likeness (QED) is 0.630. The summed E-state index contributed by atoms with van der Waals surface area (Å²) in [6.07, 6.45) is -0.113. The highest BCUT2D eigenvalue weighted by Crippen LogP contribution is 2.16. The molecule has 0 N–H and O–H groups in total. The molecule has 0 bridgehead atoms. The Bertz CT molecular complexity index is 255. The van der Waals surface area contributed by atoms with Crippen LogP contribution in [0.1, 0.15) is 5.56 Å². The molecule has 0 heterocycles. The molecular weight excluding hydrogens is 169 g/mol. The van der Waals surface area contributed by atoms with Gasteiger partial charge < -0.3 is 0 Å². The van der Waals surface area contributed by atoms with E-state index in [1.165, 1.54) is 6.07 Å². The number of hydrogen-bond donors (Lipinski definition) is 0. The summed E-state index contributed by atoms with van der Waals surface area (Å²) in [6.45, 7) is 0. The van der Waals surface area contributed by atoms with E-state index in [9.17, 15) is 13.3 Å². The van der Waals surface area contributed by atoms with E-state index in [1.54, 1.807) is 0 Å². The number of halogens is 2. The zero-order valence-corrected chi connectivity index (χ0v) is 6.44. The lowest BCUT2D eigenvalue weighted by Gasteiger charge is -1.97. The van der Waals surface area contributed by atoms with E-state index in [0.29, 0.717) is 0 Å². The van der Waals surface area contributed by atoms with Gasteiger partial charge in [-0.05, 0) is 12.1 Å². The van der Waals surface area contributed by atoms with Crippen LogP contribution in [0.2, 0.25) is 0 Å². The standard InChI is InChI=1S/C7H5F2OP/c8-6-2-1-3-7(9)5(6)4-11-10/h1-3H,4H2. The van der Waals surface area contributed by atoms with Crippen LogP contribution in [0.25, 0.3) is 0 Å². The predicted octanol–water partition coefficient (Wildman–Crippen LogP) is 2.76. The zero-order chi connectivity index (χ0) is 8.27. The third kappa shape index (κ3) is 1.81. The smallest absolute Gasteiger partial charge is 0.160 e. The molecule has 58 valence electrons.